The van der Waals surface area contributed by atoms with E-state index in [1.807, 2.05) is 141 Å². The second-order valence-electron chi connectivity index (χ2n) is 37.5. The van der Waals surface area contributed by atoms with Crippen LogP contribution in [0.25, 0.3) is 0 Å². The number of hydrogen-bond acceptors (Lipinski definition) is 17. The molecule has 4 amide bonds. The molecule has 0 aliphatic carbocycles. The highest BCUT2D eigenvalue weighted by molar-refractivity contribution is 7.90. The van der Waals surface area contributed by atoms with Gasteiger partial charge in [-0.2, -0.15) is 17.2 Å². The average Bonchev–Trinajstić information content (AvgIpc) is 0.806. The van der Waals surface area contributed by atoms with E-state index in [1.54, 1.807) is 130 Å². The molecule has 724 valence electrons. The minimum atomic E-state index is -3.61. The summed E-state index contributed by atoms with van der Waals surface area (Å²) in [6.45, 7) is 46.8. The molecule has 0 bridgehead atoms. The van der Waals surface area contributed by atoms with E-state index < -0.39 is 69.8 Å². The molecule has 130 heavy (non-hydrogen) atoms. The number of aliphatic carboxylic acids is 1. The lowest BCUT2D eigenvalue weighted by atomic mass is 9.87. The SMILES string of the molecule is COc1ccc(CC[C@H](C(=O)N2CCC(N(C(C)C)S(=O)(=O)c3cccc(C)c3)CC2)C(C)C)cc1.C[C@H](NC(=O)OC(C)(C)C)C(=O)O.Cc1cccc(S(=O)(=O)N(C(C)C)C2CCN(C(=O)[C@@H](CCc3ccccc3)CC(C)C)CC2)c1.Cc1cccc(S(=O)(=O)N(C(C)C)C2CCN(C(=O)[C@H](C)N)CC2)c1.Cl.[CH2+]C(C)N(C1CCNCC1)S(=O)(=O)c1cccc(C)c1. The molecule has 4 aliphatic rings. The molecule has 0 aromatic heterocycles. The number of benzene rings is 6. The highest BCUT2D eigenvalue weighted by Gasteiger charge is 2.43. The highest BCUT2D eigenvalue weighted by atomic mass is 35.5. The van der Waals surface area contributed by atoms with Gasteiger partial charge in [0, 0.05) is 93.4 Å². The van der Waals surface area contributed by atoms with Crippen LogP contribution in [0.2, 0.25) is 0 Å². The highest BCUT2D eigenvalue weighted by Crippen LogP contribution is 2.35. The molecule has 1 unspecified atom stereocenters. The summed E-state index contributed by atoms with van der Waals surface area (Å²) < 4.78 is 123. The van der Waals surface area contributed by atoms with Crippen LogP contribution in [0.3, 0.4) is 0 Å². The third-order valence-electron chi connectivity index (χ3n) is 23.5. The van der Waals surface area contributed by atoms with Gasteiger partial charge >= 0.3 is 12.1 Å². The van der Waals surface area contributed by atoms with Crippen LogP contribution in [-0.2, 0) is 76.8 Å². The summed E-state index contributed by atoms with van der Waals surface area (Å²) in [5.41, 5.74) is 11.3. The molecule has 0 radical (unpaired) electrons. The number of methoxy groups -OCH3 is 1. The summed E-state index contributed by atoms with van der Waals surface area (Å²) in [6, 6.07) is 44.2. The number of nitrogens with one attached hydrogen (secondary N) is 2. The van der Waals surface area contributed by atoms with Crippen molar-refractivity contribution in [2.24, 2.45) is 29.4 Å². The van der Waals surface area contributed by atoms with Crippen LogP contribution in [0.5, 0.6) is 5.75 Å². The predicted molar refractivity (Wildman–Crippen MR) is 520 cm³/mol. The molecular weight excluding hydrogens is 1750 g/mol. The first-order valence-corrected chi connectivity index (χ1v) is 51.6. The molecule has 0 saturated carbocycles. The lowest BCUT2D eigenvalue weighted by Gasteiger charge is -2.41. The van der Waals surface area contributed by atoms with Gasteiger partial charge in [-0.05, 0) is 313 Å². The van der Waals surface area contributed by atoms with E-state index in [-0.39, 0.29) is 96.2 Å². The summed E-state index contributed by atoms with van der Waals surface area (Å²) in [5.74, 6) is 0.723. The summed E-state index contributed by atoms with van der Waals surface area (Å²) in [7, 11) is -12.6. The first-order valence-electron chi connectivity index (χ1n) is 45.9. The first-order chi connectivity index (χ1) is 60.4. The number of carboxylic acids is 1. The third kappa shape index (κ3) is 33.6. The van der Waals surface area contributed by atoms with Gasteiger partial charge in [-0.25, -0.2) is 38.5 Å². The lowest BCUT2D eigenvalue weighted by molar-refractivity contribution is -0.139. The number of sulfonamides is 4. The van der Waals surface area contributed by atoms with Crippen LogP contribution in [-0.4, -0.2) is 226 Å². The molecule has 6 aromatic carbocycles. The minimum absolute atomic E-state index is 0. The maximum absolute atomic E-state index is 13.5. The van der Waals surface area contributed by atoms with Crippen molar-refractivity contribution < 1.29 is 72.2 Å². The van der Waals surface area contributed by atoms with Crippen molar-refractivity contribution in [1.29, 1.82) is 0 Å². The van der Waals surface area contributed by atoms with Gasteiger partial charge in [0.15, 0.2) is 6.04 Å². The summed E-state index contributed by atoms with van der Waals surface area (Å²) in [4.78, 5) is 67.4. The Labute approximate surface area is 785 Å². The fraction of sp³-hybridized carbons (Fsp3) is 0.576. The number of piperidine rings is 4. The number of alkyl carbamates (subject to hydrolysis) is 1. The van der Waals surface area contributed by atoms with Crippen molar-refractivity contribution in [1.82, 2.24) is 42.6 Å². The zero-order valence-corrected chi connectivity index (χ0v) is 85.0. The zero-order chi connectivity index (χ0) is 96.2. The largest absolute Gasteiger partial charge is 0.497 e. The van der Waals surface area contributed by atoms with Crippen molar-refractivity contribution >= 4 is 82.3 Å². The molecule has 4 aliphatic heterocycles. The molecule has 4 heterocycles. The van der Waals surface area contributed by atoms with E-state index in [2.05, 4.69) is 69.5 Å². The molecule has 5 N–H and O–H groups in total. The van der Waals surface area contributed by atoms with E-state index in [0.717, 1.165) is 86.0 Å². The Bertz CT molecular complexity index is 5010. The Morgan fingerprint density at radius 1 is 0.477 bits per heavy atom. The molecular formula is C99H152ClN10O16S4+. The van der Waals surface area contributed by atoms with Gasteiger partial charge in [-0.3, -0.25) is 19.2 Å². The van der Waals surface area contributed by atoms with Crippen molar-refractivity contribution in [2.75, 3.05) is 59.5 Å². The fourth-order valence-corrected chi connectivity index (χ4v) is 25.1. The zero-order valence-electron chi connectivity index (χ0n) is 80.9. The number of carboxylic acid groups (broad SMARTS) is 1. The van der Waals surface area contributed by atoms with E-state index in [0.29, 0.717) is 103 Å². The second-order valence-corrected chi connectivity index (χ2v) is 44.8. The maximum Gasteiger partial charge on any atom is 0.408 e. The Morgan fingerprint density at radius 3 is 1.13 bits per heavy atom. The molecule has 10 rings (SSSR count). The number of nitrogens with two attached hydrogens (primary N) is 1. The van der Waals surface area contributed by atoms with Crippen LogP contribution >= 0.6 is 12.4 Å². The predicted octanol–water partition coefficient (Wildman–Crippen LogP) is 16.1. The van der Waals surface area contributed by atoms with Gasteiger partial charge in [0.05, 0.1) is 39.7 Å². The molecule has 31 heteroatoms. The Kier molecular flexibility index (Phi) is 45.0. The van der Waals surface area contributed by atoms with Gasteiger partial charge in [-0.15, -0.1) is 12.4 Å². The number of carbonyl (C=O) groups excluding carboxylic acids is 4. The van der Waals surface area contributed by atoms with Gasteiger partial charge in [0.2, 0.25) is 57.8 Å². The number of likely N-dealkylation sites (tertiary alicyclic amines) is 3. The molecule has 0 spiro atoms. The lowest BCUT2D eigenvalue weighted by Crippen LogP contribution is -2.53. The van der Waals surface area contributed by atoms with Gasteiger partial charge < -0.3 is 45.6 Å². The number of ether oxygens (including phenoxy) is 2. The van der Waals surface area contributed by atoms with Crippen molar-refractivity contribution in [2.45, 2.75) is 308 Å². The quantitative estimate of drug-likeness (QED) is 0.0294. The van der Waals surface area contributed by atoms with Gasteiger partial charge in [0.25, 0.3) is 0 Å². The number of rotatable bonds is 31. The first kappa shape index (κ1) is 112. The third-order valence-corrected chi connectivity index (χ3v) is 32.0. The summed E-state index contributed by atoms with van der Waals surface area (Å²) in [6.07, 6.45) is 9.11. The average molecular weight is 1900 g/mol. The van der Waals surface area contributed by atoms with Crippen molar-refractivity contribution in [3.63, 3.8) is 0 Å². The number of aryl methyl sites for hydroxylation is 6. The minimum Gasteiger partial charge on any atom is -0.497 e. The van der Waals surface area contributed by atoms with Crippen LogP contribution < -0.4 is 21.1 Å². The number of halogens is 1. The summed E-state index contributed by atoms with van der Waals surface area (Å²) in [5, 5.41) is 13.9. The van der Waals surface area contributed by atoms with Gasteiger partial charge in [0.1, 0.15) is 17.4 Å². The van der Waals surface area contributed by atoms with E-state index in [9.17, 15) is 57.6 Å². The van der Waals surface area contributed by atoms with Crippen LogP contribution in [0, 0.1) is 58.3 Å². The Balaban J connectivity index is 0.000000298. The van der Waals surface area contributed by atoms with E-state index >= 15 is 0 Å². The number of hydrogen-bond donors (Lipinski definition) is 4. The topological polar surface area (TPSA) is 333 Å². The maximum atomic E-state index is 13.5. The molecule has 26 nitrogen and oxygen atoms in total. The summed E-state index contributed by atoms with van der Waals surface area (Å²) >= 11 is 0. The Morgan fingerprint density at radius 2 is 0.815 bits per heavy atom. The van der Waals surface area contributed by atoms with Crippen LogP contribution in [0.4, 0.5) is 4.79 Å². The standard InChI is InChI=1S/C29H42N2O4S.C29H42N2O3S.C18H29N3O3S.C15H23N2O2S.C8H15NO4.ClH/c1-21(2)28(15-12-24-10-13-26(35-6)14-11-24)29(32)30-18-16-25(17-19-30)31(22(3)4)36(33,34)27-9-7-8-23(5)20-27;1-22(2)20-26(15-14-25-11-7-6-8-12-25)29(32)30-18-16-27(17-19-30)31(23(3)4)35(33,34)28-13-9-10-24(5)21-28;1-13(2)21(25(23,24)17-7-5-6-14(3)12-17)16-8-10-20(11-9-16)18(22)15(4)19;1-12(2)17(14-7-9-16-10-8-14)20(18,19)15-6-4-5-13(3)11-15;1-5(6(10)11)9-7(12)13-8(2,3)4;/h7-11,13-14,20-22,25,28H,12,15-19H2,1-6H3;6-13,21-23,26-27H,14-20H2,1-5H3;5-7,12-13,15-16H,8-11,19H2,1-4H3;4-6,11-12,14,16H,1,7-10H2,2-3H3;5H,1-4H3,(H,9,12)(H,10,11);1H/q;;;+1;;/t28-;26-;15-;;5-;/m000.0./s1. The number of carbonyl (C=O) groups is 5. The van der Waals surface area contributed by atoms with Crippen LogP contribution in [0.1, 0.15) is 215 Å². The second kappa shape index (κ2) is 52.0. The number of amides is 4. The van der Waals surface area contributed by atoms with E-state index in [1.165, 1.54) is 18.1 Å². The molecule has 4 fully saturated rings. The fourth-order valence-electron chi connectivity index (χ4n) is 17.2. The van der Waals surface area contributed by atoms with E-state index in [4.69, 9.17) is 20.3 Å². The van der Waals surface area contributed by atoms with Gasteiger partial charge in [-0.1, -0.05) is 119 Å². The smallest absolute Gasteiger partial charge is 0.408 e. The monoisotopic (exact) mass is 1900 g/mol. The van der Waals surface area contributed by atoms with Crippen molar-refractivity contribution in [3.8, 4) is 5.75 Å². The molecule has 4 saturated heterocycles. The normalized spacial score (nSPS) is 16.6. The number of nitrogens with zero attached hydrogens (tertiary/aromatic N) is 7. The van der Waals surface area contributed by atoms with Crippen LogP contribution in [0.15, 0.2) is 171 Å². The Hall–Kier alpha value is -8.01. The molecule has 5 atom stereocenters. The molecule has 6 aromatic rings. The van der Waals surface area contributed by atoms with Crippen molar-refractivity contribution in [3.05, 3.63) is 192 Å².